The predicted molar refractivity (Wildman–Crippen MR) is 62.9 cm³/mol. The summed E-state index contributed by atoms with van der Waals surface area (Å²) in [5, 5.41) is 5.91. The fourth-order valence-corrected chi connectivity index (χ4v) is 1.49. The second-order valence-electron chi connectivity index (χ2n) is 4.04. The van der Waals surface area contributed by atoms with Gasteiger partial charge in [-0.3, -0.25) is 4.79 Å². The van der Waals surface area contributed by atoms with Crippen LogP contribution in [0.5, 0.6) is 0 Å². The van der Waals surface area contributed by atoms with Crippen LogP contribution < -0.4 is 10.6 Å². The number of nitrogens with zero attached hydrogens (tertiary/aromatic N) is 2. The first-order valence-corrected chi connectivity index (χ1v) is 5.57. The summed E-state index contributed by atoms with van der Waals surface area (Å²) in [6, 6.07) is 0.201. The van der Waals surface area contributed by atoms with E-state index < -0.39 is 0 Å². The molecule has 0 saturated heterocycles. The monoisotopic (exact) mass is 224 g/mol. The first-order chi connectivity index (χ1) is 7.63. The van der Waals surface area contributed by atoms with E-state index >= 15 is 0 Å². The summed E-state index contributed by atoms with van der Waals surface area (Å²) in [6.45, 7) is 5.32. The van der Waals surface area contributed by atoms with Gasteiger partial charge in [-0.15, -0.1) is 0 Å². The fourth-order valence-electron chi connectivity index (χ4n) is 1.49. The molecular formula is C11H20N4O. The van der Waals surface area contributed by atoms with E-state index in [1.54, 1.807) is 6.20 Å². The number of hydrogen-bond donors (Lipinski definition) is 2. The van der Waals surface area contributed by atoms with Crippen molar-refractivity contribution < 1.29 is 4.79 Å². The Bertz CT molecular complexity index is 332. The molecule has 0 unspecified atom stereocenters. The summed E-state index contributed by atoms with van der Waals surface area (Å²) in [6.07, 6.45) is 4.15. The van der Waals surface area contributed by atoms with Crippen molar-refractivity contribution in [2.75, 3.05) is 7.05 Å². The zero-order valence-corrected chi connectivity index (χ0v) is 10.2. The van der Waals surface area contributed by atoms with Crippen molar-refractivity contribution in [3.63, 3.8) is 0 Å². The molecule has 1 heterocycles. The highest BCUT2D eigenvalue weighted by atomic mass is 16.1. The molecule has 0 fully saturated rings. The Hall–Kier alpha value is -1.36. The molecule has 1 rings (SSSR count). The fraction of sp³-hybridized carbons (Fsp3) is 0.636. The number of amides is 1. The van der Waals surface area contributed by atoms with E-state index in [1.165, 1.54) is 0 Å². The smallest absolute Gasteiger partial charge is 0.221 e. The number of hydrogen-bond acceptors (Lipinski definition) is 3. The lowest BCUT2D eigenvalue weighted by Crippen LogP contribution is -2.30. The highest BCUT2D eigenvalue weighted by molar-refractivity contribution is 5.76. The highest BCUT2D eigenvalue weighted by Crippen LogP contribution is 1.99. The number of imidazole rings is 1. The lowest BCUT2D eigenvalue weighted by molar-refractivity contribution is -0.121. The summed E-state index contributed by atoms with van der Waals surface area (Å²) in [7, 11) is 1.88. The third-order valence-electron chi connectivity index (χ3n) is 2.17. The van der Waals surface area contributed by atoms with Crippen LogP contribution in [0.2, 0.25) is 0 Å². The zero-order valence-electron chi connectivity index (χ0n) is 10.2. The minimum absolute atomic E-state index is 0.0825. The average Bonchev–Trinajstić information content (AvgIpc) is 2.62. The van der Waals surface area contributed by atoms with E-state index in [0.717, 1.165) is 12.4 Å². The van der Waals surface area contributed by atoms with Gasteiger partial charge in [-0.2, -0.15) is 0 Å². The normalized spacial score (nSPS) is 10.8. The quantitative estimate of drug-likeness (QED) is 0.740. The summed E-state index contributed by atoms with van der Waals surface area (Å²) in [5.41, 5.74) is 0. The molecule has 0 spiro atoms. The van der Waals surface area contributed by atoms with Crippen LogP contribution in [0.15, 0.2) is 12.4 Å². The van der Waals surface area contributed by atoms with E-state index in [4.69, 9.17) is 0 Å². The van der Waals surface area contributed by atoms with Gasteiger partial charge in [0.25, 0.3) is 0 Å². The molecule has 0 bridgehead atoms. The topological polar surface area (TPSA) is 59.0 Å². The van der Waals surface area contributed by atoms with Gasteiger partial charge in [0.2, 0.25) is 5.91 Å². The van der Waals surface area contributed by atoms with E-state index in [2.05, 4.69) is 15.6 Å². The molecule has 1 aromatic heterocycles. The maximum absolute atomic E-state index is 11.5. The molecule has 16 heavy (non-hydrogen) atoms. The largest absolute Gasteiger partial charge is 0.354 e. The van der Waals surface area contributed by atoms with Crippen molar-refractivity contribution in [1.29, 1.82) is 0 Å². The minimum Gasteiger partial charge on any atom is -0.354 e. The maximum atomic E-state index is 11.5. The molecular weight excluding hydrogens is 204 g/mol. The first-order valence-electron chi connectivity index (χ1n) is 5.57. The summed E-state index contributed by atoms with van der Waals surface area (Å²) in [4.78, 5) is 15.7. The summed E-state index contributed by atoms with van der Waals surface area (Å²) < 4.78 is 2.00. The van der Waals surface area contributed by atoms with Gasteiger partial charge in [0.05, 0.1) is 6.54 Å². The molecule has 0 radical (unpaired) electrons. The Morgan fingerprint density at radius 2 is 2.31 bits per heavy atom. The minimum atomic E-state index is 0.0825. The Kier molecular flexibility index (Phi) is 4.98. The number of carbonyl (C=O) groups is 1. The van der Waals surface area contributed by atoms with E-state index in [-0.39, 0.29) is 11.9 Å². The van der Waals surface area contributed by atoms with Gasteiger partial charge in [0, 0.05) is 31.4 Å². The molecule has 90 valence electrons. The number of aryl methyl sites for hydroxylation is 1. The number of carbonyl (C=O) groups excluding carboxylic acids is 1. The van der Waals surface area contributed by atoms with Crippen LogP contribution in [0.25, 0.3) is 0 Å². The van der Waals surface area contributed by atoms with Crippen molar-refractivity contribution in [1.82, 2.24) is 20.2 Å². The van der Waals surface area contributed by atoms with E-state index in [0.29, 0.717) is 13.0 Å². The van der Waals surface area contributed by atoms with Crippen molar-refractivity contribution in [2.45, 2.75) is 39.4 Å². The SMILES string of the molecule is CNCc1nccn1CCC(=O)NC(C)C. The molecule has 0 aliphatic rings. The van der Waals surface area contributed by atoms with E-state index in [9.17, 15) is 4.79 Å². The average molecular weight is 224 g/mol. The van der Waals surface area contributed by atoms with Crippen LogP contribution in [0.1, 0.15) is 26.1 Å². The van der Waals surface area contributed by atoms with Crippen molar-refractivity contribution in [3.8, 4) is 0 Å². The third-order valence-corrected chi connectivity index (χ3v) is 2.17. The molecule has 0 aliphatic carbocycles. The van der Waals surface area contributed by atoms with Gasteiger partial charge in [-0.25, -0.2) is 4.98 Å². The standard InChI is InChI=1S/C11H20N4O/c1-9(2)14-11(16)4-6-15-7-5-13-10(15)8-12-3/h5,7,9,12H,4,6,8H2,1-3H3,(H,14,16). The van der Waals surface area contributed by atoms with E-state index in [1.807, 2.05) is 31.7 Å². The Balaban J connectivity index is 2.41. The first kappa shape index (κ1) is 12.7. The summed E-state index contributed by atoms with van der Waals surface area (Å²) in [5.74, 6) is 1.04. The van der Waals surface area contributed by atoms with Crippen LogP contribution >= 0.6 is 0 Å². The van der Waals surface area contributed by atoms with Crippen LogP contribution in [-0.2, 0) is 17.9 Å². The van der Waals surface area contributed by atoms with Crippen LogP contribution in [0.3, 0.4) is 0 Å². The molecule has 0 saturated carbocycles. The predicted octanol–water partition coefficient (Wildman–Crippen LogP) is 0.517. The molecule has 0 aromatic carbocycles. The number of rotatable bonds is 6. The van der Waals surface area contributed by atoms with Crippen LogP contribution in [0, 0.1) is 0 Å². The van der Waals surface area contributed by atoms with Gasteiger partial charge < -0.3 is 15.2 Å². The van der Waals surface area contributed by atoms with Gasteiger partial charge in [0.1, 0.15) is 5.82 Å². The van der Waals surface area contributed by atoms with Gasteiger partial charge in [-0.1, -0.05) is 0 Å². The molecule has 2 N–H and O–H groups in total. The summed E-state index contributed by atoms with van der Waals surface area (Å²) >= 11 is 0. The van der Waals surface area contributed by atoms with Crippen molar-refractivity contribution in [2.24, 2.45) is 0 Å². The van der Waals surface area contributed by atoms with Crippen LogP contribution in [-0.4, -0.2) is 28.5 Å². The lowest BCUT2D eigenvalue weighted by atomic mass is 10.3. The Morgan fingerprint density at radius 3 is 2.94 bits per heavy atom. The zero-order chi connectivity index (χ0) is 12.0. The third kappa shape index (κ3) is 4.02. The Labute approximate surface area is 96.3 Å². The van der Waals surface area contributed by atoms with Gasteiger partial charge in [0.15, 0.2) is 0 Å². The Morgan fingerprint density at radius 1 is 1.56 bits per heavy atom. The van der Waals surface area contributed by atoms with Gasteiger partial charge >= 0.3 is 0 Å². The molecule has 0 aliphatic heterocycles. The lowest BCUT2D eigenvalue weighted by Gasteiger charge is -2.10. The second kappa shape index (κ2) is 6.27. The number of nitrogens with one attached hydrogen (secondary N) is 2. The molecule has 5 heteroatoms. The molecule has 1 aromatic rings. The second-order valence-corrected chi connectivity index (χ2v) is 4.04. The van der Waals surface area contributed by atoms with Crippen molar-refractivity contribution >= 4 is 5.91 Å². The van der Waals surface area contributed by atoms with Crippen molar-refractivity contribution in [3.05, 3.63) is 18.2 Å². The molecule has 5 nitrogen and oxygen atoms in total. The number of aromatic nitrogens is 2. The molecule has 1 amide bonds. The van der Waals surface area contributed by atoms with Gasteiger partial charge in [-0.05, 0) is 20.9 Å². The highest BCUT2D eigenvalue weighted by Gasteiger charge is 2.06. The van der Waals surface area contributed by atoms with Crippen LogP contribution in [0.4, 0.5) is 0 Å². The maximum Gasteiger partial charge on any atom is 0.221 e. The molecule has 0 atom stereocenters.